The van der Waals surface area contributed by atoms with Gasteiger partial charge in [0.1, 0.15) is 0 Å². The molecule has 8 aromatic carbocycles. The maximum Gasteiger partial charge on any atom is 0.196 e. The molecule has 8 aromatic rings. The van der Waals surface area contributed by atoms with Crippen LogP contribution < -0.4 is 15.0 Å². The van der Waals surface area contributed by atoms with Crippen molar-refractivity contribution in [3.05, 3.63) is 198 Å². The lowest BCUT2D eigenvalue weighted by atomic mass is 9.82. The summed E-state index contributed by atoms with van der Waals surface area (Å²) >= 11 is 0. The van der Waals surface area contributed by atoms with E-state index in [0.717, 1.165) is 56.0 Å². The number of nitrogens with zero attached hydrogens (tertiary/aromatic N) is 1. The van der Waals surface area contributed by atoms with Gasteiger partial charge in [-0.05, 0) is 110 Å². The van der Waals surface area contributed by atoms with Crippen LogP contribution in [0.5, 0.6) is 5.75 Å². The number of anilines is 4. The second kappa shape index (κ2) is 12.0. The molecule has 0 saturated heterocycles. The minimum Gasteiger partial charge on any atom is -0.464 e. The third-order valence-corrected chi connectivity index (χ3v) is 12.7. The molecule has 0 radical (unpaired) electrons. The van der Waals surface area contributed by atoms with Crippen molar-refractivity contribution in [1.82, 2.24) is 0 Å². The number of hydrogen-bond donors (Lipinski definition) is 1. The van der Waals surface area contributed by atoms with Gasteiger partial charge in [0.25, 0.3) is 0 Å². The van der Waals surface area contributed by atoms with Gasteiger partial charge in [0.15, 0.2) is 12.0 Å². The van der Waals surface area contributed by atoms with Crippen LogP contribution in [-0.4, -0.2) is 0 Å². The summed E-state index contributed by atoms with van der Waals surface area (Å²) in [6.07, 6.45) is -0.205. The molecule has 0 spiro atoms. The van der Waals surface area contributed by atoms with Gasteiger partial charge in [0, 0.05) is 38.8 Å². The molecule has 3 heteroatoms. The van der Waals surface area contributed by atoms with Gasteiger partial charge in [0.05, 0.1) is 5.69 Å². The number of rotatable bonds is 5. The molecular weight excluding hydrogens is 681 g/mol. The smallest absolute Gasteiger partial charge is 0.196 e. The molecule has 3 aliphatic rings. The van der Waals surface area contributed by atoms with E-state index in [1.165, 1.54) is 44.5 Å². The highest BCUT2D eigenvalue weighted by molar-refractivity contribution is 5.97. The third-order valence-electron chi connectivity index (χ3n) is 12.7. The highest BCUT2D eigenvalue weighted by Crippen LogP contribution is 2.53. The number of fused-ring (bicyclic) bond motifs is 9. The zero-order chi connectivity index (χ0) is 37.8. The van der Waals surface area contributed by atoms with E-state index in [0.29, 0.717) is 0 Å². The number of hydrogen-bond acceptors (Lipinski definition) is 3. The maximum absolute atomic E-state index is 6.56. The van der Waals surface area contributed by atoms with Crippen LogP contribution in [0, 0.1) is 0 Å². The standard InChI is InChI=1S/C53H42N2O/c1-52(2)45-16-10-8-14-40(45)43-31-38(25-27-47(43)52)55(39-26-28-48-44(32-39)41-15-9-11-17-46(41)53(48,3)4)37-23-20-33(21-24-37)36-19-18-34-22-29-49-50(42(34)30-36)56-51(54-49)35-12-6-5-7-13-35/h5-32,51,54H,1-4H3. The van der Waals surface area contributed by atoms with Gasteiger partial charge >= 0.3 is 0 Å². The Morgan fingerprint density at radius 1 is 0.464 bits per heavy atom. The Kier molecular flexibility index (Phi) is 7.01. The second-order valence-corrected chi connectivity index (χ2v) is 16.6. The minimum absolute atomic E-state index is 0.0522. The van der Waals surface area contributed by atoms with Crippen molar-refractivity contribution in [2.75, 3.05) is 10.2 Å². The Labute approximate surface area is 328 Å². The van der Waals surface area contributed by atoms with Crippen LogP contribution in [0.25, 0.3) is 44.2 Å². The quantitative estimate of drug-likeness (QED) is 0.191. The van der Waals surface area contributed by atoms with Crippen LogP contribution >= 0.6 is 0 Å². The molecule has 56 heavy (non-hydrogen) atoms. The fourth-order valence-corrected chi connectivity index (χ4v) is 9.72. The fraction of sp³-hybridized carbons (Fsp3) is 0.132. The first-order valence-electron chi connectivity index (χ1n) is 19.7. The highest BCUT2D eigenvalue weighted by atomic mass is 16.5. The third kappa shape index (κ3) is 4.83. The van der Waals surface area contributed by atoms with E-state index < -0.39 is 0 Å². The van der Waals surface area contributed by atoms with E-state index in [1.54, 1.807) is 0 Å². The summed E-state index contributed by atoms with van der Waals surface area (Å²) < 4.78 is 6.56. The molecule has 1 N–H and O–H groups in total. The Hall–Kier alpha value is -6.58. The second-order valence-electron chi connectivity index (χ2n) is 16.6. The van der Waals surface area contributed by atoms with Gasteiger partial charge in [-0.2, -0.15) is 0 Å². The Bertz CT molecular complexity index is 2760. The summed E-state index contributed by atoms with van der Waals surface area (Å²) in [4.78, 5) is 2.43. The van der Waals surface area contributed by atoms with Crippen molar-refractivity contribution in [2.45, 2.75) is 44.8 Å². The van der Waals surface area contributed by atoms with E-state index in [1.807, 2.05) is 6.07 Å². The van der Waals surface area contributed by atoms with Crippen molar-refractivity contribution >= 4 is 33.5 Å². The maximum atomic E-state index is 6.56. The molecule has 1 unspecified atom stereocenters. The molecule has 0 aromatic heterocycles. The van der Waals surface area contributed by atoms with Crippen LogP contribution in [0.3, 0.4) is 0 Å². The number of benzene rings is 8. The molecule has 0 amide bonds. The topological polar surface area (TPSA) is 24.5 Å². The van der Waals surface area contributed by atoms with Gasteiger partial charge in [-0.25, -0.2) is 0 Å². The van der Waals surface area contributed by atoms with Crippen LogP contribution in [0.1, 0.15) is 61.7 Å². The molecule has 1 atom stereocenters. The van der Waals surface area contributed by atoms with E-state index in [4.69, 9.17) is 4.74 Å². The molecule has 1 heterocycles. The van der Waals surface area contributed by atoms with E-state index >= 15 is 0 Å². The first kappa shape index (κ1) is 32.8. The molecule has 0 fully saturated rings. The highest BCUT2D eigenvalue weighted by Gasteiger charge is 2.37. The van der Waals surface area contributed by atoms with Gasteiger partial charge in [-0.3, -0.25) is 0 Å². The van der Waals surface area contributed by atoms with Gasteiger partial charge in [-0.1, -0.05) is 149 Å². The van der Waals surface area contributed by atoms with Crippen molar-refractivity contribution in [3.8, 4) is 39.1 Å². The minimum atomic E-state index is -0.205. The lowest BCUT2D eigenvalue weighted by Gasteiger charge is -2.28. The van der Waals surface area contributed by atoms with Crippen LogP contribution in [0.4, 0.5) is 22.7 Å². The largest absolute Gasteiger partial charge is 0.464 e. The van der Waals surface area contributed by atoms with Crippen LogP contribution in [-0.2, 0) is 10.8 Å². The number of ether oxygens (including phenoxy) is 1. The zero-order valence-corrected chi connectivity index (χ0v) is 32.1. The van der Waals surface area contributed by atoms with Gasteiger partial charge < -0.3 is 15.0 Å². The average Bonchev–Trinajstić information content (AvgIpc) is 3.85. The fourth-order valence-electron chi connectivity index (χ4n) is 9.72. The molecule has 0 saturated carbocycles. The molecule has 270 valence electrons. The zero-order valence-electron chi connectivity index (χ0n) is 32.1. The molecule has 2 aliphatic carbocycles. The Morgan fingerprint density at radius 3 is 1.61 bits per heavy atom. The predicted octanol–water partition coefficient (Wildman–Crippen LogP) is 14.1. The van der Waals surface area contributed by atoms with Crippen molar-refractivity contribution in [2.24, 2.45) is 0 Å². The van der Waals surface area contributed by atoms with Crippen molar-refractivity contribution < 1.29 is 4.74 Å². The summed E-state index contributed by atoms with van der Waals surface area (Å²) in [6.45, 7) is 9.38. The monoisotopic (exact) mass is 722 g/mol. The van der Waals surface area contributed by atoms with Crippen molar-refractivity contribution in [3.63, 3.8) is 0 Å². The predicted molar refractivity (Wildman–Crippen MR) is 233 cm³/mol. The van der Waals surface area contributed by atoms with Gasteiger partial charge in [0.2, 0.25) is 0 Å². The van der Waals surface area contributed by atoms with Crippen LogP contribution in [0.15, 0.2) is 170 Å². The van der Waals surface area contributed by atoms with Gasteiger partial charge in [-0.15, -0.1) is 0 Å². The van der Waals surface area contributed by atoms with Crippen molar-refractivity contribution in [1.29, 1.82) is 0 Å². The first-order chi connectivity index (χ1) is 27.3. The Morgan fingerprint density at radius 2 is 0.982 bits per heavy atom. The van der Waals surface area contributed by atoms with E-state index in [9.17, 15) is 0 Å². The normalized spacial score (nSPS) is 16.2. The summed E-state index contributed by atoms with van der Waals surface area (Å²) in [6, 6.07) is 62.4. The molecule has 0 bridgehead atoms. The lowest BCUT2D eigenvalue weighted by Crippen LogP contribution is -2.16. The molecule has 3 nitrogen and oxygen atoms in total. The molecule has 1 aliphatic heterocycles. The average molecular weight is 723 g/mol. The summed E-state index contributed by atoms with van der Waals surface area (Å²) in [5, 5.41) is 5.85. The summed E-state index contributed by atoms with van der Waals surface area (Å²) in [7, 11) is 0. The number of nitrogens with one attached hydrogen (secondary N) is 1. The van der Waals surface area contributed by atoms with E-state index in [-0.39, 0.29) is 17.1 Å². The molecule has 11 rings (SSSR count). The Balaban J connectivity index is 1.01. The SMILES string of the molecule is CC1(C)c2ccccc2-c2cc(N(c3ccc(-c4ccc5ccc6c(c5c4)OC(c4ccccc4)N6)cc3)c3ccc4c(c3)-c3ccccc3C4(C)C)ccc21. The first-order valence-corrected chi connectivity index (χ1v) is 19.7. The van der Waals surface area contributed by atoms with E-state index in [2.05, 4.69) is 202 Å². The van der Waals surface area contributed by atoms with Crippen LogP contribution in [0.2, 0.25) is 0 Å². The summed E-state index contributed by atoms with van der Waals surface area (Å²) in [5.74, 6) is 0.906. The molecular formula is C53H42N2O. The summed E-state index contributed by atoms with van der Waals surface area (Å²) in [5.41, 5.74) is 18.6. The lowest BCUT2D eigenvalue weighted by molar-refractivity contribution is 0.262.